The number of nitrogens with zero attached hydrogens (tertiary/aromatic N) is 3. The SMILES string of the molecule is O=C1CCC(N2CCOc3c(N4CCN(S)CC4)cccc32)C(=O)N1. The molecule has 1 aromatic carbocycles. The average molecular weight is 362 g/mol. The molecule has 4 rings (SSSR count). The fourth-order valence-corrected chi connectivity index (χ4v) is 3.92. The number of anilines is 2. The molecule has 0 bridgehead atoms. The lowest BCUT2D eigenvalue weighted by Gasteiger charge is -2.40. The smallest absolute Gasteiger partial charge is 0.249 e. The van der Waals surface area contributed by atoms with E-state index in [1.54, 1.807) is 0 Å². The van der Waals surface area contributed by atoms with E-state index in [9.17, 15) is 9.59 Å². The Bertz CT molecular complexity index is 690. The van der Waals surface area contributed by atoms with Crippen LogP contribution in [0.4, 0.5) is 11.4 Å². The molecule has 1 unspecified atom stereocenters. The molecule has 134 valence electrons. The number of fused-ring (bicyclic) bond motifs is 1. The van der Waals surface area contributed by atoms with Crippen molar-refractivity contribution in [1.82, 2.24) is 9.62 Å². The number of hydrogen-bond donors (Lipinski definition) is 2. The maximum Gasteiger partial charge on any atom is 0.249 e. The van der Waals surface area contributed by atoms with Gasteiger partial charge in [-0.15, -0.1) is 0 Å². The number of amides is 2. The van der Waals surface area contributed by atoms with Gasteiger partial charge in [-0.3, -0.25) is 14.9 Å². The summed E-state index contributed by atoms with van der Waals surface area (Å²) in [6, 6.07) is 5.76. The van der Waals surface area contributed by atoms with Gasteiger partial charge in [-0.25, -0.2) is 4.31 Å². The number of piperidine rings is 1. The molecule has 3 aliphatic heterocycles. The van der Waals surface area contributed by atoms with E-state index in [-0.39, 0.29) is 17.9 Å². The third-order valence-corrected chi connectivity index (χ3v) is 5.44. The number of nitrogens with one attached hydrogen (secondary N) is 1. The van der Waals surface area contributed by atoms with E-state index in [1.807, 2.05) is 16.4 Å². The molecule has 8 heteroatoms. The fourth-order valence-electron chi connectivity index (χ4n) is 3.74. The van der Waals surface area contributed by atoms with Crippen molar-refractivity contribution in [2.75, 3.05) is 49.1 Å². The van der Waals surface area contributed by atoms with E-state index in [0.717, 1.165) is 43.3 Å². The van der Waals surface area contributed by atoms with Gasteiger partial charge in [0.2, 0.25) is 11.8 Å². The first-order valence-corrected chi connectivity index (χ1v) is 9.08. The summed E-state index contributed by atoms with van der Waals surface area (Å²) in [5.74, 6) is 0.442. The molecule has 1 N–H and O–H groups in total. The van der Waals surface area contributed by atoms with Gasteiger partial charge in [-0.05, 0) is 18.6 Å². The molecule has 2 fully saturated rings. The molecule has 2 amide bonds. The van der Waals surface area contributed by atoms with Gasteiger partial charge in [0, 0.05) is 32.6 Å². The standard InChI is InChI=1S/C17H22N4O3S/c22-15-5-4-14(17(23)18-15)21-10-11-24-16-12(2-1-3-13(16)21)19-6-8-20(25)9-7-19/h1-3,14,25H,4-11H2,(H,18,22,23). The van der Waals surface area contributed by atoms with Gasteiger partial charge in [0.1, 0.15) is 12.6 Å². The van der Waals surface area contributed by atoms with E-state index >= 15 is 0 Å². The Morgan fingerprint density at radius 3 is 2.60 bits per heavy atom. The summed E-state index contributed by atoms with van der Waals surface area (Å²) < 4.78 is 8.01. The summed E-state index contributed by atoms with van der Waals surface area (Å²) in [4.78, 5) is 28.1. The maximum atomic E-state index is 12.3. The lowest BCUT2D eigenvalue weighted by molar-refractivity contribution is -0.134. The van der Waals surface area contributed by atoms with E-state index in [0.29, 0.717) is 26.0 Å². The molecule has 0 radical (unpaired) electrons. The maximum absolute atomic E-state index is 12.3. The Balaban J connectivity index is 1.63. The highest BCUT2D eigenvalue weighted by Gasteiger charge is 2.35. The molecule has 0 spiro atoms. The van der Waals surface area contributed by atoms with Crippen LogP contribution in [0.1, 0.15) is 12.8 Å². The molecule has 3 heterocycles. The first kappa shape index (κ1) is 16.5. The highest BCUT2D eigenvalue weighted by Crippen LogP contribution is 2.42. The van der Waals surface area contributed by atoms with Crippen LogP contribution in [0, 0.1) is 0 Å². The van der Waals surface area contributed by atoms with Crippen LogP contribution in [0.3, 0.4) is 0 Å². The molecule has 2 saturated heterocycles. The lowest BCUT2D eigenvalue weighted by atomic mass is 10.0. The third-order valence-electron chi connectivity index (χ3n) is 5.04. The molecule has 1 atom stereocenters. The van der Waals surface area contributed by atoms with Crippen LogP contribution in [-0.4, -0.2) is 61.5 Å². The molecule has 1 aromatic rings. The number of carbonyl (C=O) groups is 2. The summed E-state index contributed by atoms with van der Waals surface area (Å²) in [5, 5.41) is 2.46. The Morgan fingerprint density at radius 2 is 1.84 bits per heavy atom. The molecule has 0 aliphatic carbocycles. The van der Waals surface area contributed by atoms with Crippen LogP contribution in [0.15, 0.2) is 18.2 Å². The zero-order valence-electron chi connectivity index (χ0n) is 14.0. The Labute approximate surface area is 152 Å². The predicted molar refractivity (Wildman–Crippen MR) is 98.2 cm³/mol. The number of imide groups is 1. The fraction of sp³-hybridized carbons (Fsp3) is 0.529. The molecule has 0 saturated carbocycles. The number of para-hydroxylation sites is 1. The van der Waals surface area contributed by atoms with E-state index in [4.69, 9.17) is 4.74 Å². The number of piperazine rings is 1. The van der Waals surface area contributed by atoms with Crippen molar-refractivity contribution in [2.45, 2.75) is 18.9 Å². The van der Waals surface area contributed by atoms with Crippen LogP contribution in [-0.2, 0) is 9.59 Å². The van der Waals surface area contributed by atoms with Gasteiger partial charge >= 0.3 is 0 Å². The van der Waals surface area contributed by atoms with Crippen molar-refractivity contribution in [3.63, 3.8) is 0 Å². The zero-order chi connectivity index (χ0) is 17.4. The van der Waals surface area contributed by atoms with Crippen LogP contribution in [0.2, 0.25) is 0 Å². The second-order valence-corrected chi connectivity index (χ2v) is 7.14. The predicted octanol–water partition coefficient (Wildman–Crippen LogP) is 0.657. The van der Waals surface area contributed by atoms with Crippen molar-refractivity contribution in [2.24, 2.45) is 0 Å². The second kappa shape index (κ2) is 6.76. The Hall–Kier alpha value is -1.93. The van der Waals surface area contributed by atoms with E-state index in [1.165, 1.54) is 0 Å². The number of hydrogen-bond acceptors (Lipinski definition) is 7. The minimum atomic E-state index is -0.315. The number of rotatable bonds is 2. The number of ether oxygens (including phenoxy) is 1. The minimum Gasteiger partial charge on any atom is -0.487 e. The van der Waals surface area contributed by atoms with Gasteiger partial charge < -0.3 is 14.5 Å². The minimum absolute atomic E-state index is 0.187. The quantitative estimate of drug-likeness (QED) is 0.595. The summed E-state index contributed by atoms with van der Waals surface area (Å²) >= 11 is 4.41. The molecule has 7 nitrogen and oxygen atoms in total. The van der Waals surface area contributed by atoms with Crippen LogP contribution in [0.5, 0.6) is 5.75 Å². The third kappa shape index (κ3) is 3.16. The molecular formula is C17H22N4O3S. The molecule has 3 aliphatic rings. The van der Waals surface area contributed by atoms with Crippen molar-refractivity contribution in [3.05, 3.63) is 18.2 Å². The van der Waals surface area contributed by atoms with Gasteiger partial charge in [0.15, 0.2) is 5.75 Å². The second-order valence-electron chi connectivity index (χ2n) is 6.57. The highest BCUT2D eigenvalue weighted by atomic mass is 32.1. The zero-order valence-corrected chi connectivity index (χ0v) is 14.9. The largest absolute Gasteiger partial charge is 0.487 e. The van der Waals surface area contributed by atoms with Gasteiger partial charge in [0.25, 0.3) is 0 Å². The van der Waals surface area contributed by atoms with Gasteiger partial charge in [-0.2, -0.15) is 0 Å². The monoisotopic (exact) mass is 362 g/mol. The highest BCUT2D eigenvalue weighted by molar-refractivity contribution is 7.77. The molecule has 0 aromatic heterocycles. The average Bonchev–Trinajstić information content (AvgIpc) is 2.62. The van der Waals surface area contributed by atoms with Crippen LogP contribution >= 0.6 is 12.8 Å². The number of carbonyl (C=O) groups excluding carboxylic acids is 2. The topological polar surface area (TPSA) is 65.1 Å². The van der Waals surface area contributed by atoms with Crippen molar-refractivity contribution in [3.8, 4) is 5.75 Å². The first-order valence-electron chi connectivity index (χ1n) is 8.68. The van der Waals surface area contributed by atoms with Gasteiger partial charge in [-0.1, -0.05) is 18.9 Å². The van der Waals surface area contributed by atoms with Crippen molar-refractivity contribution < 1.29 is 14.3 Å². The Morgan fingerprint density at radius 1 is 1.08 bits per heavy atom. The lowest BCUT2D eigenvalue weighted by Crippen LogP contribution is -2.54. The Kier molecular flexibility index (Phi) is 4.47. The normalized spacial score (nSPS) is 24.6. The summed E-state index contributed by atoms with van der Waals surface area (Å²) in [6.45, 7) is 4.75. The molecule has 25 heavy (non-hydrogen) atoms. The number of thiol groups is 1. The van der Waals surface area contributed by atoms with Crippen LogP contribution < -0.4 is 19.9 Å². The summed E-state index contributed by atoms with van der Waals surface area (Å²) in [5.41, 5.74) is 2.00. The van der Waals surface area contributed by atoms with Crippen molar-refractivity contribution >= 4 is 36.0 Å². The summed E-state index contributed by atoms with van der Waals surface area (Å²) in [6.07, 6.45) is 0.930. The van der Waals surface area contributed by atoms with E-state index < -0.39 is 0 Å². The van der Waals surface area contributed by atoms with Crippen LogP contribution in [0.25, 0.3) is 0 Å². The van der Waals surface area contributed by atoms with E-state index in [2.05, 4.69) is 34.0 Å². The van der Waals surface area contributed by atoms with Gasteiger partial charge in [0.05, 0.1) is 17.9 Å². The first-order chi connectivity index (χ1) is 12.1. The summed E-state index contributed by atoms with van der Waals surface area (Å²) in [7, 11) is 0. The molecular weight excluding hydrogens is 340 g/mol. The van der Waals surface area contributed by atoms with Crippen molar-refractivity contribution in [1.29, 1.82) is 0 Å². The number of benzene rings is 1.